The molecule has 2 nitrogen and oxygen atoms in total. The van der Waals surface area contributed by atoms with Crippen molar-refractivity contribution in [3.05, 3.63) is 70.7 Å². The van der Waals surface area contributed by atoms with Gasteiger partial charge in [0.2, 0.25) is 0 Å². The van der Waals surface area contributed by atoms with Gasteiger partial charge in [0, 0.05) is 23.7 Å². The van der Waals surface area contributed by atoms with Crippen LogP contribution in [0.25, 0.3) is 0 Å². The molecule has 21 heavy (non-hydrogen) atoms. The minimum absolute atomic E-state index is 0.244. The quantitative estimate of drug-likeness (QED) is 0.856. The predicted molar refractivity (Wildman–Crippen MR) is 90.7 cm³/mol. The first-order chi connectivity index (χ1) is 10.1. The van der Waals surface area contributed by atoms with Gasteiger partial charge in [0.1, 0.15) is 0 Å². The highest BCUT2D eigenvalue weighted by atomic mass is 35.5. The molecular formula is C18H23ClN2. The van der Waals surface area contributed by atoms with E-state index in [1.165, 1.54) is 11.1 Å². The summed E-state index contributed by atoms with van der Waals surface area (Å²) in [6.07, 6.45) is 0. The van der Waals surface area contributed by atoms with Crippen LogP contribution in [-0.2, 0) is 0 Å². The normalized spacial score (nSPS) is 14.1. The topological polar surface area (TPSA) is 15.3 Å². The van der Waals surface area contributed by atoms with E-state index in [1.807, 2.05) is 18.2 Å². The summed E-state index contributed by atoms with van der Waals surface area (Å²) in [7, 11) is 4.20. The molecule has 0 saturated heterocycles. The number of halogens is 1. The zero-order chi connectivity index (χ0) is 15.2. The van der Waals surface area contributed by atoms with Crippen LogP contribution < -0.4 is 5.32 Å². The fourth-order valence-corrected chi connectivity index (χ4v) is 2.68. The third-order valence-corrected chi connectivity index (χ3v) is 3.78. The fraction of sp³-hybridized carbons (Fsp3) is 0.333. The van der Waals surface area contributed by atoms with Crippen LogP contribution in [0.3, 0.4) is 0 Å². The van der Waals surface area contributed by atoms with Crippen LogP contribution in [0.4, 0.5) is 0 Å². The molecule has 0 amide bonds. The molecule has 2 atom stereocenters. The van der Waals surface area contributed by atoms with Gasteiger partial charge in [-0.1, -0.05) is 54.1 Å². The molecule has 1 N–H and O–H groups in total. The van der Waals surface area contributed by atoms with Crippen LogP contribution in [0, 0.1) is 0 Å². The van der Waals surface area contributed by atoms with Crippen LogP contribution in [0.1, 0.15) is 30.1 Å². The van der Waals surface area contributed by atoms with Crippen molar-refractivity contribution in [2.45, 2.75) is 19.0 Å². The summed E-state index contributed by atoms with van der Waals surface area (Å²) in [4.78, 5) is 2.20. The Morgan fingerprint density at radius 3 is 2.29 bits per heavy atom. The number of hydrogen-bond acceptors (Lipinski definition) is 2. The Bertz CT molecular complexity index is 554. The molecule has 2 rings (SSSR count). The van der Waals surface area contributed by atoms with Crippen LogP contribution in [0.5, 0.6) is 0 Å². The molecule has 0 aliphatic carbocycles. The summed E-state index contributed by atoms with van der Waals surface area (Å²) in [6.45, 7) is 3.13. The first kappa shape index (κ1) is 16.0. The highest BCUT2D eigenvalue weighted by molar-refractivity contribution is 6.30. The Balaban J connectivity index is 2.15. The van der Waals surface area contributed by atoms with E-state index >= 15 is 0 Å². The molecule has 0 aliphatic heterocycles. The van der Waals surface area contributed by atoms with Gasteiger partial charge in [-0.15, -0.1) is 0 Å². The molecule has 2 aromatic carbocycles. The second-order valence-electron chi connectivity index (χ2n) is 5.67. The smallest absolute Gasteiger partial charge is 0.0453 e. The standard InChI is InChI=1S/C18H23ClN2/c1-14(16-10-7-11-17(19)12-16)20-18(13-21(2)3)15-8-5-4-6-9-15/h4-12,14,18,20H,13H2,1-3H3. The number of rotatable bonds is 6. The lowest BCUT2D eigenvalue weighted by Crippen LogP contribution is -2.32. The Labute approximate surface area is 132 Å². The van der Waals surface area contributed by atoms with E-state index in [0.717, 1.165) is 11.6 Å². The highest BCUT2D eigenvalue weighted by Gasteiger charge is 2.16. The lowest BCUT2D eigenvalue weighted by molar-refractivity contribution is 0.325. The summed E-state index contributed by atoms with van der Waals surface area (Å²) in [5.74, 6) is 0. The average Bonchev–Trinajstić information content (AvgIpc) is 2.47. The van der Waals surface area contributed by atoms with E-state index in [4.69, 9.17) is 11.6 Å². The molecule has 112 valence electrons. The van der Waals surface area contributed by atoms with Crippen molar-refractivity contribution >= 4 is 11.6 Å². The molecule has 2 aromatic rings. The van der Waals surface area contributed by atoms with Gasteiger partial charge in [-0.25, -0.2) is 0 Å². The van der Waals surface area contributed by atoms with Crippen LogP contribution in [0.2, 0.25) is 5.02 Å². The Morgan fingerprint density at radius 2 is 1.67 bits per heavy atom. The van der Waals surface area contributed by atoms with Crippen molar-refractivity contribution in [3.8, 4) is 0 Å². The molecule has 0 fully saturated rings. The van der Waals surface area contributed by atoms with E-state index in [2.05, 4.69) is 67.6 Å². The van der Waals surface area contributed by atoms with Gasteiger partial charge in [0.25, 0.3) is 0 Å². The highest BCUT2D eigenvalue weighted by Crippen LogP contribution is 2.22. The second kappa shape index (κ2) is 7.60. The van der Waals surface area contributed by atoms with Gasteiger partial charge in [0.15, 0.2) is 0 Å². The molecular weight excluding hydrogens is 280 g/mol. The molecule has 0 heterocycles. The SMILES string of the molecule is CC(NC(CN(C)C)c1ccccc1)c1cccc(Cl)c1. The molecule has 0 spiro atoms. The van der Waals surface area contributed by atoms with Crippen LogP contribution >= 0.6 is 11.6 Å². The van der Waals surface area contributed by atoms with E-state index in [1.54, 1.807) is 0 Å². The number of likely N-dealkylation sites (N-methyl/N-ethyl adjacent to an activating group) is 1. The monoisotopic (exact) mass is 302 g/mol. The maximum atomic E-state index is 6.09. The first-order valence-electron chi connectivity index (χ1n) is 7.27. The summed E-state index contributed by atoms with van der Waals surface area (Å²) >= 11 is 6.09. The zero-order valence-electron chi connectivity index (χ0n) is 12.9. The van der Waals surface area contributed by atoms with E-state index in [9.17, 15) is 0 Å². The molecule has 0 aliphatic rings. The molecule has 0 bridgehead atoms. The first-order valence-corrected chi connectivity index (χ1v) is 7.65. The number of hydrogen-bond donors (Lipinski definition) is 1. The molecule has 3 heteroatoms. The van der Waals surface area contributed by atoms with Crippen molar-refractivity contribution in [2.24, 2.45) is 0 Å². The van der Waals surface area contributed by atoms with Gasteiger partial charge in [-0.2, -0.15) is 0 Å². The third kappa shape index (κ3) is 4.85. The van der Waals surface area contributed by atoms with Crippen molar-refractivity contribution in [1.82, 2.24) is 10.2 Å². The van der Waals surface area contributed by atoms with Gasteiger partial charge >= 0.3 is 0 Å². The summed E-state index contributed by atoms with van der Waals surface area (Å²) in [5.41, 5.74) is 2.52. The average molecular weight is 303 g/mol. The lowest BCUT2D eigenvalue weighted by atomic mass is 10.0. The van der Waals surface area contributed by atoms with Gasteiger partial charge < -0.3 is 10.2 Å². The summed E-state index contributed by atoms with van der Waals surface area (Å²) in [5, 5.41) is 4.49. The van der Waals surface area contributed by atoms with Crippen molar-refractivity contribution in [1.29, 1.82) is 0 Å². The summed E-state index contributed by atoms with van der Waals surface area (Å²) < 4.78 is 0. The summed E-state index contributed by atoms with van der Waals surface area (Å²) in [6, 6.07) is 19.1. The number of nitrogens with zero attached hydrogens (tertiary/aromatic N) is 1. The van der Waals surface area contributed by atoms with E-state index < -0.39 is 0 Å². The van der Waals surface area contributed by atoms with Gasteiger partial charge in [0.05, 0.1) is 0 Å². The zero-order valence-corrected chi connectivity index (χ0v) is 13.6. The van der Waals surface area contributed by atoms with E-state index in [0.29, 0.717) is 0 Å². The van der Waals surface area contributed by atoms with Gasteiger partial charge in [-0.05, 0) is 44.3 Å². The molecule has 0 aromatic heterocycles. The Kier molecular flexibility index (Phi) is 5.80. The number of benzene rings is 2. The maximum absolute atomic E-state index is 6.09. The molecule has 2 unspecified atom stereocenters. The number of nitrogens with one attached hydrogen (secondary N) is 1. The van der Waals surface area contributed by atoms with Gasteiger partial charge in [-0.3, -0.25) is 0 Å². The lowest BCUT2D eigenvalue weighted by Gasteiger charge is -2.27. The minimum Gasteiger partial charge on any atom is -0.308 e. The second-order valence-corrected chi connectivity index (χ2v) is 6.11. The van der Waals surface area contributed by atoms with Crippen molar-refractivity contribution < 1.29 is 0 Å². The van der Waals surface area contributed by atoms with E-state index in [-0.39, 0.29) is 12.1 Å². The molecule has 0 radical (unpaired) electrons. The predicted octanol–water partition coefficient (Wildman–Crippen LogP) is 4.29. The maximum Gasteiger partial charge on any atom is 0.0453 e. The fourth-order valence-electron chi connectivity index (χ4n) is 2.48. The molecule has 0 saturated carbocycles. The largest absolute Gasteiger partial charge is 0.308 e. The Hall–Kier alpha value is -1.35. The Morgan fingerprint density at radius 1 is 1.00 bits per heavy atom. The van der Waals surface area contributed by atoms with Crippen LogP contribution in [0.15, 0.2) is 54.6 Å². The van der Waals surface area contributed by atoms with Crippen LogP contribution in [-0.4, -0.2) is 25.5 Å². The van der Waals surface area contributed by atoms with Crippen molar-refractivity contribution in [3.63, 3.8) is 0 Å². The third-order valence-electron chi connectivity index (χ3n) is 3.55. The van der Waals surface area contributed by atoms with Crippen molar-refractivity contribution in [2.75, 3.05) is 20.6 Å². The minimum atomic E-state index is 0.244.